The molecule has 5 heteroatoms. The van der Waals surface area contributed by atoms with Crippen molar-refractivity contribution in [3.63, 3.8) is 0 Å². The van der Waals surface area contributed by atoms with Crippen molar-refractivity contribution in [3.05, 3.63) is 0 Å². The quantitative estimate of drug-likeness (QED) is 0.662. The summed E-state index contributed by atoms with van der Waals surface area (Å²) in [5.74, 6) is -0.563. The molecular formula is C10H14N2O3. The maximum absolute atomic E-state index is 11.5. The number of imide groups is 1. The van der Waals surface area contributed by atoms with Crippen LogP contribution in [0.1, 0.15) is 38.5 Å². The van der Waals surface area contributed by atoms with Crippen LogP contribution >= 0.6 is 0 Å². The lowest BCUT2D eigenvalue weighted by Crippen LogP contribution is -2.43. The largest absolute Gasteiger partial charge is 0.370 e. The third-order valence-electron chi connectivity index (χ3n) is 3.42. The maximum Gasteiger partial charge on any atom is 0.229 e. The van der Waals surface area contributed by atoms with E-state index in [2.05, 4.69) is 0 Å². The fourth-order valence-electron chi connectivity index (χ4n) is 2.64. The summed E-state index contributed by atoms with van der Waals surface area (Å²) in [6.45, 7) is 0. The summed E-state index contributed by atoms with van der Waals surface area (Å²) < 4.78 is 0. The zero-order valence-corrected chi connectivity index (χ0v) is 8.49. The first-order valence-electron chi connectivity index (χ1n) is 5.19. The highest BCUT2D eigenvalue weighted by Crippen LogP contribution is 2.43. The van der Waals surface area contributed by atoms with Gasteiger partial charge in [-0.2, -0.15) is 0 Å². The van der Waals surface area contributed by atoms with Gasteiger partial charge in [-0.1, -0.05) is 0 Å². The van der Waals surface area contributed by atoms with E-state index in [1.165, 1.54) is 4.90 Å². The van der Waals surface area contributed by atoms with Gasteiger partial charge in [-0.15, -0.1) is 0 Å². The minimum Gasteiger partial charge on any atom is -0.370 e. The fourth-order valence-corrected chi connectivity index (χ4v) is 2.64. The molecule has 15 heavy (non-hydrogen) atoms. The van der Waals surface area contributed by atoms with Crippen LogP contribution in [-0.2, 0) is 14.4 Å². The van der Waals surface area contributed by atoms with Gasteiger partial charge in [0.2, 0.25) is 17.7 Å². The Morgan fingerprint density at radius 3 is 2.27 bits per heavy atom. The van der Waals surface area contributed by atoms with Gasteiger partial charge in [0.15, 0.2) is 0 Å². The molecule has 0 bridgehead atoms. The molecule has 2 aliphatic rings. The standard InChI is InChI=1S/C10H14N2O3/c11-7(13)1-4-10-5-2-8(14)12(10)9(15)3-6-10/h1-6H2,(H2,11,13). The van der Waals surface area contributed by atoms with Crippen LogP contribution in [0.2, 0.25) is 0 Å². The van der Waals surface area contributed by atoms with Crippen LogP contribution in [0.3, 0.4) is 0 Å². The molecule has 0 aromatic rings. The monoisotopic (exact) mass is 210 g/mol. The van der Waals surface area contributed by atoms with Crippen LogP contribution in [0.5, 0.6) is 0 Å². The molecule has 2 heterocycles. The number of fused-ring (bicyclic) bond motifs is 1. The smallest absolute Gasteiger partial charge is 0.229 e. The van der Waals surface area contributed by atoms with Crippen molar-refractivity contribution in [1.82, 2.24) is 4.90 Å². The van der Waals surface area contributed by atoms with Gasteiger partial charge in [0.25, 0.3) is 0 Å². The van der Waals surface area contributed by atoms with Crippen molar-refractivity contribution in [2.45, 2.75) is 44.1 Å². The molecule has 0 saturated carbocycles. The number of hydrogen-bond acceptors (Lipinski definition) is 3. The van der Waals surface area contributed by atoms with Crippen LogP contribution in [-0.4, -0.2) is 28.2 Å². The summed E-state index contributed by atoms with van der Waals surface area (Å²) in [6, 6.07) is 0. The van der Waals surface area contributed by atoms with Crippen molar-refractivity contribution < 1.29 is 14.4 Å². The van der Waals surface area contributed by atoms with Gasteiger partial charge < -0.3 is 5.73 Å². The summed E-state index contributed by atoms with van der Waals surface area (Å²) in [5.41, 5.74) is 4.71. The lowest BCUT2D eigenvalue weighted by molar-refractivity contribution is -0.143. The summed E-state index contributed by atoms with van der Waals surface area (Å²) in [7, 11) is 0. The number of carbonyl (C=O) groups excluding carboxylic acids is 3. The lowest BCUT2D eigenvalue weighted by Gasteiger charge is -2.29. The van der Waals surface area contributed by atoms with E-state index in [9.17, 15) is 14.4 Å². The molecule has 2 rings (SSSR count). The molecule has 0 spiro atoms. The molecule has 0 atom stereocenters. The molecule has 2 saturated heterocycles. The number of carbonyl (C=O) groups is 3. The number of rotatable bonds is 3. The van der Waals surface area contributed by atoms with E-state index in [0.29, 0.717) is 32.1 Å². The molecule has 2 fully saturated rings. The van der Waals surface area contributed by atoms with Gasteiger partial charge in [-0.05, 0) is 19.3 Å². The van der Waals surface area contributed by atoms with E-state index < -0.39 is 0 Å². The second-order valence-electron chi connectivity index (χ2n) is 4.31. The highest BCUT2D eigenvalue weighted by molar-refractivity contribution is 6.00. The third-order valence-corrected chi connectivity index (χ3v) is 3.42. The molecule has 0 radical (unpaired) electrons. The second-order valence-corrected chi connectivity index (χ2v) is 4.31. The Kier molecular flexibility index (Phi) is 2.25. The van der Waals surface area contributed by atoms with Crippen molar-refractivity contribution in [3.8, 4) is 0 Å². The van der Waals surface area contributed by atoms with Crippen LogP contribution in [0, 0.1) is 0 Å². The number of nitrogens with two attached hydrogens (primary N) is 1. The van der Waals surface area contributed by atoms with Crippen LogP contribution in [0.15, 0.2) is 0 Å². The Labute approximate surface area is 87.6 Å². The number of nitrogens with zero attached hydrogens (tertiary/aromatic N) is 1. The summed E-state index contributed by atoms with van der Waals surface area (Å²) >= 11 is 0. The first-order valence-corrected chi connectivity index (χ1v) is 5.19. The van der Waals surface area contributed by atoms with E-state index in [1.54, 1.807) is 0 Å². The minimum atomic E-state index is -0.386. The van der Waals surface area contributed by atoms with E-state index >= 15 is 0 Å². The Morgan fingerprint density at radius 2 is 1.80 bits per heavy atom. The first-order chi connectivity index (χ1) is 7.05. The van der Waals surface area contributed by atoms with Gasteiger partial charge in [-0.3, -0.25) is 19.3 Å². The summed E-state index contributed by atoms with van der Waals surface area (Å²) in [6.07, 6.45) is 2.99. The minimum absolute atomic E-state index is 0.0954. The lowest BCUT2D eigenvalue weighted by atomic mass is 9.89. The zero-order valence-electron chi connectivity index (χ0n) is 8.49. The average Bonchev–Trinajstić information content (AvgIpc) is 2.66. The normalized spacial score (nSPS) is 23.3. The number of hydrogen-bond donors (Lipinski definition) is 1. The predicted molar refractivity (Wildman–Crippen MR) is 51.5 cm³/mol. The molecule has 3 amide bonds. The van der Waals surface area contributed by atoms with Gasteiger partial charge in [0.05, 0.1) is 5.54 Å². The van der Waals surface area contributed by atoms with Gasteiger partial charge >= 0.3 is 0 Å². The molecule has 2 aliphatic heterocycles. The van der Waals surface area contributed by atoms with Gasteiger partial charge in [0.1, 0.15) is 0 Å². The molecular weight excluding hydrogens is 196 g/mol. The van der Waals surface area contributed by atoms with Gasteiger partial charge in [0, 0.05) is 19.3 Å². The van der Waals surface area contributed by atoms with E-state index in [0.717, 1.165) is 0 Å². The van der Waals surface area contributed by atoms with E-state index in [4.69, 9.17) is 5.73 Å². The van der Waals surface area contributed by atoms with Gasteiger partial charge in [-0.25, -0.2) is 0 Å². The first kappa shape index (κ1) is 10.1. The Balaban J connectivity index is 2.15. The molecule has 2 N–H and O–H groups in total. The number of primary amides is 1. The maximum atomic E-state index is 11.5. The molecule has 0 aliphatic carbocycles. The highest BCUT2D eigenvalue weighted by Gasteiger charge is 2.52. The zero-order chi connectivity index (χ0) is 11.1. The van der Waals surface area contributed by atoms with Crippen molar-refractivity contribution >= 4 is 17.7 Å². The topological polar surface area (TPSA) is 80.5 Å². The third kappa shape index (κ3) is 1.52. The van der Waals surface area contributed by atoms with Crippen molar-refractivity contribution in [2.24, 2.45) is 5.73 Å². The van der Waals surface area contributed by atoms with Crippen LogP contribution in [0.25, 0.3) is 0 Å². The fraction of sp³-hybridized carbons (Fsp3) is 0.700. The Bertz CT molecular complexity index is 318. The predicted octanol–water partition coefficient (Wildman–Crippen LogP) is -0.0665. The molecule has 0 aromatic carbocycles. The van der Waals surface area contributed by atoms with Crippen molar-refractivity contribution in [2.75, 3.05) is 0 Å². The SMILES string of the molecule is NC(=O)CCC12CCC(=O)N1C(=O)CC2. The van der Waals surface area contributed by atoms with Crippen LogP contribution < -0.4 is 5.73 Å². The van der Waals surface area contributed by atoms with Crippen LogP contribution in [0.4, 0.5) is 0 Å². The molecule has 82 valence electrons. The second kappa shape index (κ2) is 3.32. The van der Waals surface area contributed by atoms with E-state index in [-0.39, 0.29) is 29.7 Å². The molecule has 5 nitrogen and oxygen atoms in total. The highest BCUT2D eigenvalue weighted by atomic mass is 16.2. The Morgan fingerprint density at radius 1 is 1.27 bits per heavy atom. The molecule has 0 aromatic heterocycles. The molecule has 0 unspecified atom stereocenters. The average molecular weight is 210 g/mol. The summed E-state index contributed by atoms with van der Waals surface area (Å²) in [5, 5.41) is 0. The Hall–Kier alpha value is -1.39. The van der Waals surface area contributed by atoms with Crippen molar-refractivity contribution in [1.29, 1.82) is 0 Å². The van der Waals surface area contributed by atoms with E-state index in [1.807, 2.05) is 0 Å². The number of amides is 3. The summed E-state index contributed by atoms with van der Waals surface area (Å²) in [4.78, 5) is 35.1.